The van der Waals surface area contributed by atoms with Crippen LogP contribution in [0.25, 0.3) is 0 Å². The van der Waals surface area contributed by atoms with Gasteiger partial charge in [0.25, 0.3) is 0 Å². The SMILES string of the molecule is CCCCc1cc[c]c(CC)c1CC. The van der Waals surface area contributed by atoms with E-state index in [-0.39, 0.29) is 0 Å². The highest BCUT2D eigenvalue weighted by Gasteiger charge is 2.04. The summed E-state index contributed by atoms with van der Waals surface area (Å²) < 4.78 is 0. The van der Waals surface area contributed by atoms with Crippen molar-refractivity contribution in [3.05, 3.63) is 34.9 Å². The quantitative estimate of drug-likeness (QED) is 0.658. The van der Waals surface area contributed by atoms with Crippen molar-refractivity contribution in [2.75, 3.05) is 0 Å². The third-order valence-electron chi connectivity index (χ3n) is 2.80. The Morgan fingerprint density at radius 1 is 1.14 bits per heavy atom. The zero-order valence-corrected chi connectivity index (χ0v) is 9.69. The summed E-state index contributed by atoms with van der Waals surface area (Å²) in [6, 6.07) is 7.68. The molecule has 0 aliphatic heterocycles. The van der Waals surface area contributed by atoms with Crippen LogP contribution in [-0.2, 0) is 19.3 Å². The maximum absolute atomic E-state index is 3.35. The van der Waals surface area contributed by atoms with Gasteiger partial charge in [-0.15, -0.1) is 0 Å². The van der Waals surface area contributed by atoms with Crippen LogP contribution in [0, 0.1) is 6.07 Å². The first kappa shape index (κ1) is 11.3. The second kappa shape index (κ2) is 5.85. The van der Waals surface area contributed by atoms with E-state index in [1.165, 1.54) is 24.8 Å². The number of rotatable bonds is 5. The number of benzene rings is 1. The molecule has 0 spiro atoms. The molecule has 0 unspecified atom stereocenters. The summed E-state index contributed by atoms with van der Waals surface area (Å²) in [5, 5.41) is 0. The molecular weight excluding hydrogens is 168 g/mol. The van der Waals surface area contributed by atoms with Gasteiger partial charge in [-0.25, -0.2) is 0 Å². The zero-order chi connectivity index (χ0) is 10.4. The second-order valence-corrected chi connectivity index (χ2v) is 3.77. The van der Waals surface area contributed by atoms with Crippen LogP contribution in [0.15, 0.2) is 12.1 Å². The van der Waals surface area contributed by atoms with Crippen molar-refractivity contribution >= 4 is 0 Å². The van der Waals surface area contributed by atoms with Gasteiger partial charge in [0.15, 0.2) is 0 Å². The van der Waals surface area contributed by atoms with Crippen molar-refractivity contribution in [1.82, 2.24) is 0 Å². The van der Waals surface area contributed by atoms with Gasteiger partial charge in [-0.3, -0.25) is 0 Å². The summed E-state index contributed by atoms with van der Waals surface area (Å²) >= 11 is 0. The lowest BCUT2D eigenvalue weighted by atomic mass is 9.94. The molecule has 0 aliphatic carbocycles. The Hall–Kier alpha value is -0.780. The summed E-state index contributed by atoms with van der Waals surface area (Å²) in [6.07, 6.45) is 6.09. The molecule has 77 valence electrons. The fraction of sp³-hybridized carbons (Fsp3) is 0.571. The third kappa shape index (κ3) is 2.60. The van der Waals surface area contributed by atoms with Gasteiger partial charge in [0.2, 0.25) is 0 Å². The highest BCUT2D eigenvalue weighted by Crippen LogP contribution is 2.17. The Morgan fingerprint density at radius 2 is 1.93 bits per heavy atom. The summed E-state index contributed by atoms with van der Waals surface area (Å²) in [7, 11) is 0. The van der Waals surface area contributed by atoms with Crippen LogP contribution in [-0.4, -0.2) is 0 Å². The van der Waals surface area contributed by atoms with Crippen molar-refractivity contribution in [2.45, 2.75) is 52.9 Å². The van der Waals surface area contributed by atoms with Gasteiger partial charge in [0, 0.05) is 0 Å². The van der Waals surface area contributed by atoms with Crippen LogP contribution in [0.2, 0.25) is 0 Å². The molecule has 0 amide bonds. The Balaban J connectivity index is 2.90. The Kier molecular flexibility index (Phi) is 4.72. The summed E-state index contributed by atoms with van der Waals surface area (Å²) in [5.41, 5.74) is 4.51. The standard InChI is InChI=1S/C14H21/c1-4-7-9-13-11-8-10-12(5-2)14(13)6-3/h8,11H,4-7,9H2,1-3H3. The van der Waals surface area contributed by atoms with Crippen LogP contribution in [0.4, 0.5) is 0 Å². The molecule has 14 heavy (non-hydrogen) atoms. The van der Waals surface area contributed by atoms with Gasteiger partial charge in [0.1, 0.15) is 0 Å². The van der Waals surface area contributed by atoms with Crippen LogP contribution in [0.1, 0.15) is 50.3 Å². The van der Waals surface area contributed by atoms with Gasteiger partial charge in [-0.2, -0.15) is 0 Å². The monoisotopic (exact) mass is 189 g/mol. The zero-order valence-electron chi connectivity index (χ0n) is 9.69. The first-order valence-electron chi connectivity index (χ1n) is 5.84. The molecule has 0 atom stereocenters. The molecule has 0 nitrogen and oxygen atoms in total. The van der Waals surface area contributed by atoms with E-state index in [1.54, 1.807) is 11.1 Å². The van der Waals surface area contributed by atoms with Gasteiger partial charge < -0.3 is 0 Å². The molecule has 0 fully saturated rings. The lowest BCUT2D eigenvalue weighted by molar-refractivity contribution is 0.784. The smallest absolute Gasteiger partial charge is 0.0146 e. The highest BCUT2D eigenvalue weighted by atomic mass is 14.1. The molecular formula is C14H21. The van der Waals surface area contributed by atoms with Gasteiger partial charge in [0.05, 0.1) is 0 Å². The van der Waals surface area contributed by atoms with Crippen LogP contribution >= 0.6 is 0 Å². The van der Waals surface area contributed by atoms with Crippen LogP contribution in [0.3, 0.4) is 0 Å². The van der Waals surface area contributed by atoms with E-state index in [9.17, 15) is 0 Å². The van der Waals surface area contributed by atoms with E-state index in [1.807, 2.05) is 0 Å². The number of unbranched alkanes of at least 4 members (excludes halogenated alkanes) is 1. The second-order valence-electron chi connectivity index (χ2n) is 3.77. The van der Waals surface area contributed by atoms with Gasteiger partial charge in [-0.1, -0.05) is 39.3 Å². The van der Waals surface area contributed by atoms with E-state index >= 15 is 0 Å². The van der Waals surface area contributed by atoms with Crippen molar-refractivity contribution in [1.29, 1.82) is 0 Å². The average molecular weight is 189 g/mol. The lowest BCUT2D eigenvalue weighted by Crippen LogP contribution is -1.98. The predicted molar refractivity (Wildman–Crippen MR) is 62.6 cm³/mol. The molecule has 0 saturated heterocycles. The van der Waals surface area contributed by atoms with E-state index in [2.05, 4.69) is 39.0 Å². The first-order chi connectivity index (χ1) is 6.83. The number of aryl methyl sites for hydroxylation is 2. The Bertz CT molecular complexity index is 273. The topological polar surface area (TPSA) is 0 Å². The summed E-state index contributed by atoms with van der Waals surface area (Å²) in [4.78, 5) is 0. The fourth-order valence-corrected chi connectivity index (χ4v) is 1.98. The molecule has 0 heteroatoms. The minimum absolute atomic E-state index is 1.11. The molecule has 0 bridgehead atoms. The summed E-state index contributed by atoms with van der Waals surface area (Å²) in [6.45, 7) is 6.72. The normalized spacial score (nSPS) is 10.5. The Morgan fingerprint density at radius 3 is 2.50 bits per heavy atom. The fourth-order valence-electron chi connectivity index (χ4n) is 1.98. The van der Waals surface area contributed by atoms with E-state index in [4.69, 9.17) is 0 Å². The van der Waals surface area contributed by atoms with E-state index in [0.717, 1.165) is 12.8 Å². The van der Waals surface area contributed by atoms with Crippen molar-refractivity contribution in [3.8, 4) is 0 Å². The lowest BCUT2D eigenvalue weighted by Gasteiger charge is -2.11. The van der Waals surface area contributed by atoms with Gasteiger partial charge in [-0.05, 0) is 48.4 Å². The largest absolute Gasteiger partial charge is 0.0654 e. The summed E-state index contributed by atoms with van der Waals surface area (Å²) in [5.74, 6) is 0. The van der Waals surface area contributed by atoms with Crippen LogP contribution in [0.5, 0.6) is 0 Å². The van der Waals surface area contributed by atoms with Crippen LogP contribution < -0.4 is 0 Å². The molecule has 0 aromatic heterocycles. The van der Waals surface area contributed by atoms with Crippen molar-refractivity contribution < 1.29 is 0 Å². The maximum Gasteiger partial charge on any atom is -0.0146 e. The maximum atomic E-state index is 3.35. The van der Waals surface area contributed by atoms with E-state index < -0.39 is 0 Å². The van der Waals surface area contributed by atoms with E-state index in [0.29, 0.717) is 0 Å². The molecule has 1 aromatic carbocycles. The third-order valence-corrected chi connectivity index (χ3v) is 2.80. The molecule has 1 radical (unpaired) electrons. The predicted octanol–water partition coefficient (Wildman–Crippen LogP) is 3.95. The average Bonchev–Trinajstić information content (AvgIpc) is 2.25. The Labute approximate surface area is 88.4 Å². The molecule has 0 N–H and O–H groups in total. The number of hydrogen-bond acceptors (Lipinski definition) is 0. The first-order valence-corrected chi connectivity index (χ1v) is 5.84. The highest BCUT2D eigenvalue weighted by molar-refractivity contribution is 5.34. The molecule has 0 aliphatic rings. The van der Waals surface area contributed by atoms with Crippen molar-refractivity contribution in [2.24, 2.45) is 0 Å². The van der Waals surface area contributed by atoms with Gasteiger partial charge >= 0.3 is 0 Å². The molecule has 0 heterocycles. The van der Waals surface area contributed by atoms with Crippen molar-refractivity contribution in [3.63, 3.8) is 0 Å². The molecule has 0 saturated carbocycles. The minimum atomic E-state index is 1.11. The minimum Gasteiger partial charge on any atom is -0.0654 e. The molecule has 1 aromatic rings. The number of hydrogen-bond donors (Lipinski definition) is 0. The molecule has 1 rings (SSSR count).